The number of hydrogen-bond donors (Lipinski definition) is 0. The highest BCUT2D eigenvalue weighted by molar-refractivity contribution is 5.40. The van der Waals surface area contributed by atoms with Gasteiger partial charge in [-0.05, 0) is 0 Å². The molecule has 124 valence electrons. The van der Waals surface area contributed by atoms with Gasteiger partial charge in [0.15, 0.2) is 24.0 Å². The molecular weight excluding hydrogens is 333 g/mol. The zero-order valence-electron chi connectivity index (χ0n) is 10.9. The van der Waals surface area contributed by atoms with Gasteiger partial charge in [-0.3, -0.25) is 10.1 Å². The highest BCUT2D eigenvalue weighted by Gasteiger charge is 2.30. The summed E-state index contributed by atoms with van der Waals surface area (Å²) in [4.78, 5) is 12.8. The van der Waals surface area contributed by atoms with Gasteiger partial charge in [-0.2, -0.15) is 22.5 Å². The van der Waals surface area contributed by atoms with Crippen molar-refractivity contribution in [2.45, 2.75) is 19.2 Å². The van der Waals surface area contributed by atoms with Crippen molar-refractivity contribution in [3.05, 3.63) is 45.6 Å². The van der Waals surface area contributed by atoms with Crippen LogP contribution in [-0.2, 0) is 13.0 Å². The predicted octanol–water partition coefficient (Wildman–Crippen LogP) is 2.94. The zero-order valence-corrected chi connectivity index (χ0v) is 10.9. The van der Waals surface area contributed by atoms with Crippen LogP contribution in [0.1, 0.15) is 11.7 Å². The number of benzene rings is 1. The molecule has 0 spiro atoms. The molecule has 7 nitrogen and oxygen atoms in total. The summed E-state index contributed by atoms with van der Waals surface area (Å²) in [7, 11) is 0. The molecule has 12 heteroatoms. The summed E-state index contributed by atoms with van der Waals surface area (Å²) in [5.74, 6) is -4.38. The molecule has 0 N–H and O–H groups in total. The molecule has 0 amide bonds. The number of nitro benzene ring substituents is 1. The Bertz CT molecular complexity index is 731. The van der Waals surface area contributed by atoms with Crippen LogP contribution in [0.25, 0.3) is 0 Å². The van der Waals surface area contributed by atoms with Crippen LogP contribution in [0, 0.1) is 21.7 Å². The van der Waals surface area contributed by atoms with Crippen LogP contribution in [0.15, 0.2) is 16.7 Å². The molecule has 0 atom stereocenters. The van der Waals surface area contributed by atoms with E-state index in [-0.39, 0.29) is 6.07 Å². The van der Waals surface area contributed by atoms with E-state index in [4.69, 9.17) is 4.74 Å². The molecule has 23 heavy (non-hydrogen) atoms. The third kappa shape index (κ3) is 4.34. The SMILES string of the molecule is O=[N+]([O-])c1cc(OCc2nc(CC(F)(F)F)no2)c(F)cc1F. The number of nitro groups is 1. The summed E-state index contributed by atoms with van der Waals surface area (Å²) >= 11 is 0. The van der Waals surface area contributed by atoms with Crippen molar-refractivity contribution in [3.63, 3.8) is 0 Å². The average molecular weight is 339 g/mol. The van der Waals surface area contributed by atoms with Crippen molar-refractivity contribution in [1.29, 1.82) is 0 Å². The molecule has 0 bridgehead atoms. The Labute approximate surface area is 123 Å². The maximum Gasteiger partial charge on any atom is 0.396 e. The Morgan fingerprint density at radius 2 is 1.96 bits per heavy atom. The van der Waals surface area contributed by atoms with Crippen LogP contribution in [0.5, 0.6) is 5.75 Å². The molecule has 0 aliphatic heterocycles. The highest BCUT2D eigenvalue weighted by Crippen LogP contribution is 2.27. The van der Waals surface area contributed by atoms with Crippen molar-refractivity contribution in [2.75, 3.05) is 0 Å². The van der Waals surface area contributed by atoms with Gasteiger partial charge >= 0.3 is 11.9 Å². The standard InChI is InChI=1S/C11H6F5N3O4/c12-5-1-6(13)8(2-7(5)19(20)21)22-4-10-17-9(18-23-10)3-11(14,15)16/h1-2H,3-4H2. The minimum Gasteiger partial charge on any atom is -0.480 e. The molecule has 1 aromatic carbocycles. The minimum atomic E-state index is -4.54. The third-order valence-corrected chi connectivity index (χ3v) is 2.42. The van der Waals surface area contributed by atoms with Gasteiger partial charge < -0.3 is 9.26 Å². The quantitative estimate of drug-likeness (QED) is 0.472. The summed E-state index contributed by atoms with van der Waals surface area (Å²) < 4.78 is 72.1. The molecule has 0 radical (unpaired) electrons. The Morgan fingerprint density at radius 3 is 2.57 bits per heavy atom. The summed E-state index contributed by atoms with van der Waals surface area (Å²) in [6, 6.07) is 0.744. The molecule has 2 aromatic rings. The first-order valence-electron chi connectivity index (χ1n) is 5.80. The summed E-state index contributed by atoms with van der Waals surface area (Å²) in [6.45, 7) is -0.648. The van der Waals surface area contributed by atoms with Crippen LogP contribution in [0.3, 0.4) is 0 Å². The lowest BCUT2D eigenvalue weighted by Gasteiger charge is -2.04. The van der Waals surface area contributed by atoms with Gasteiger partial charge in [0.2, 0.25) is 5.82 Å². The minimum absolute atomic E-state index is 0.246. The van der Waals surface area contributed by atoms with E-state index in [1.54, 1.807) is 0 Å². The van der Waals surface area contributed by atoms with Crippen molar-refractivity contribution in [3.8, 4) is 5.75 Å². The predicted molar refractivity (Wildman–Crippen MR) is 61.4 cm³/mol. The highest BCUT2D eigenvalue weighted by atomic mass is 19.4. The molecule has 0 saturated heterocycles. The van der Waals surface area contributed by atoms with Crippen LogP contribution in [0.2, 0.25) is 0 Å². The van der Waals surface area contributed by atoms with E-state index in [1.807, 2.05) is 0 Å². The Hall–Kier alpha value is -2.79. The lowest BCUT2D eigenvalue weighted by atomic mass is 10.3. The molecule has 1 heterocycles. The van der Waals surface area contributed by atoms with Gasteiger partial charge in [0.25, 0.3) is 5.89 Å². The Balaban J connectivity index is 2.09. The number of halogens is 5. The van der Waals surface area contributed by atoms with E-state index >= 15 is 0 Å². The Morgan fingerprint density at radius 1 is 1.26 bits per heavy atom. The van der Waals surface area contributed by atoms with Crippen molar-refractivity contribution in [2.24, 2.45) is 0 Å². The molecule has 0 fully saturated rings. The van der Waals surface area contributed by atoms with Gasteiger partial charge in [-0.15, -0.1) is 0 Å². The lowest BCUT2D eigenvalue weighted by molar-refractivity contribution is -0.387. The molecule has 0 saturated carbocycles. The van der Waals surface area contributed by atoms with E-state index in [9.17, 15) is 32.1 Å². The van der Waals surface area contributed by atoms with Crippen molar-refractivity contribution in [1.82, 2.24) is 10.1 Å². The first-order chi connectivity index (χ1) is 10.7. The molecule has 2 rings (SSSR count). The summed E-state index contributed by atoms with van der Waals surface area (Å²) in [5.41, 5.74) is -1.02. The van der Waals surface area contributed by atoms with Gasteiger partial charge in [-0.1, -0.05) is 5.16 Å². The van der Waals surface area contributed by atoms with Crippen molar-refractivity contribution < 1.29 is 36.1 Å². The summed E-state index contributed by atoms with van der Waals surface area (Å²) in [5, 5.41) is 13.6. The fourth-order valence-electron chi connectivity index (χ4n) is 1.51. The number of alkyl halides is 3. The molecular formula is C11H6F5N3O4. The van der Waals surface area contributed by atoms with E-state index < -0.39 is 58.9 Å². The fourth-order valence-corrected chi connectivity index (χ4v) is 1.51. The van der Waals surface area contributed by atoms with Crippen LogP contribution in [-0.4, -0.2) is 21.2 Å². The van der Waals surface area contributed by atoms with Gasteiger partial charge in [0.1, 0.15) is 6.42 Å². The third-order valence-electron chi connectivity index (χ3n) is 2.42. The number of aromatic nitrogens is 2. The van der Waals surface area contributed by atoms with E-state index in [0.29, 0.717) is 6.07 Å². The maximum absolute atomic E-state index is 13.4. The second kappa shape index (κ2) is 6.14. The molecule has 1 aromatic heterocycles. The molecule has 0 aliphatic carbocycles. The first-order valence-corrected chi connectivity index (χ1v) is 5.80. The number of ether oxygens (including phenoxy) is 1. The van der Waals surface area contributed by atoms with Crippen molar-refractivity contribution >= 4 is 5.69 Å². The monoisotopic (exact) mass is 339 g/mol. The average Bonchev–Trinajstić information content (AvgIpc) is 2.82. The maximum atomic E-state index is 13.4. The van der Waals surface area contributed by atoms with Gasteiger partial charge in [-0.25, -0.2) is 4.39 Å². The van der Waals surface area contributed by atoms with Crippen LogP contribution >= 0.6 is 0 Å². The molecule has 0 unspecified atom stereocenters. The smallest absolute Gasteiger partial charge is 0.396 e. The van der Waals surface area contributed by atoms with E-state index in [0.717, 1.165) is 0 Å². The number of nitrogens with zero attached hydrogens (tertiary/aromatic N) is 3. The largest absolute Gasteiger partial charge is 0.480 e. The van der Waals surface area contributed by atoms with Crippen LogP contribution in [0.4, 0.5) is 27.6 Å². The topological polar surface area (TPSA) is 91.3 Å². The normalized spacial score (nSPS) is 11.5. The number of rotatable bonds is 5. The second-order valence-corrected chi connectivity index (χ2v) is 4.18. The zero-order chi connectivity index (χ0) is 17.2. The summed E-state index contributed by atoms with van der Waals surface area (Å²) in [6.07, 6.45) is -5.96. The van der Waals surface area contributed by atoms with E-state index in [2.05, 4.69) is 14.7 Å². The second-order valence-electron chi connectivity index (χ2n) is 4.18. The van der Waals surface area contributed by atoms with Gasteiger partial charge in [0, 0.05) is 6.07 Å². The lowest BCUT2D eigenvalue weighted by Crippen LogP contribution is -2.12. The first kappa shape index (κ1) is 16.6. The van der Waals surface area contributed by atoms with Gasteiger partial charge in [0.05, 0.1) is 11.0 Å². The fraction of sp³-hybridized carbons (Fsp3) is 0.273. The Kier molecular flexibility index (Phi) is 4.43. The van der Waals surface area contributed by atoms with Crippen LogP contribution < -0.4 is 4.74 Å². The number of hydrogen-bond acceptors (Lipinski definition) is 6. The van der Waals surface area contributed by atoms with E-state index in [1.165, 1.54) is 0 Å². The molecule has 0 aliphatic rings.